The van der Waals surface area contributed by atoms with E-state index in [1.807, 2.05) is 60.7 Å². The zero-order valence-corrected chi connectivity index (χ0v) is 23.5. The van der Waals surface area contributed by atoms with E-state index in [0.29, 0.717) is 11.7 Å². The molecule has 0 spiro atoms. The van der Waals surface area contributed by atoms with Gasteiger partial charge in [-0.3, -0.25) is 0 Å². The van der Waals surface area contributed by atoms with Crippen molar-refractivity contribution in [3.05, 3.63) is 66.2 Å². The number of rotatable bonds is 10. The van der Waals surface area contributed by atoms with Crippen molar-refractivity contribution in [1.29, 1.82) is 0 Å². The molecule has 208 valence electrons. The van der Waals surface area contributed by atoms with E-state index in [2.05, 4.69) is 0 Å². The Morgan fingerprint density at radius 1 is 0.923 bits per heavy atom. The Bertz CT molecular complexity index is 1170. The molecule has 2 aliphatic rings. The van der Waals surface area contributed by atoms with Crippen LogP contribution >= 0.6 is 0 Å². The molecule has 11 heteroatoms. The summed E-state index contributed by atoms with van der Waals surface area (Å²) in [6, 6.07) is 19.5. The number of carbonyl (C=O) groups excluding carboxylic acids is 4. The van der Waals surface area contributed by atoms with Crippen LogP contribution in [0.4, 0.5) is 4.79 Å². The summed E-state index contributed by atoms with van der Waals surface area (Å²) in [5.74, 6) is -1.98. The molecular formula is C28H30O10Se. The summed E-state index contributed by atoms with van der Waals surface area (Å²) in [6.45, 7) is 3.19. The van der Waals surface area contributed by atoms with Crippen LogP contribution in [-0.2, 0) is 48.4 Å². The summed E-state index contributed by atoms with van der Waals surface area (Å²) in [5.41, 5.74) is -0.114. The number of carbonyl (C=O) groups is 4. The van der Waals surface area contributed by atoms with Crippen LogP contribution in [0.1, 0.15) is 32.8 Å². The van der Waals surface area contributed by atoms with Crippen molar-refractivity contribution in [3.63, 3.8) is 0 Å². The van der Waals surface area contributed by atoms with Crippen LogP contribution in [0.15, 0.2) is 60.7 Å². The van der Waals surface area contributed by atoms with Crippen LogP contribution in [-0.4, -0.2) is 76.1 Å². The quantitative estimate of drug-likeness (QED) is 0.227. The normalized spacial score (nSPS) is 25.3. The van der Waals surface area contributed by atoms with Crippen LogP contribution in [0.3, 0.4) is 0 Å². The molecule has 2 heterocycles. The van der Waals surface area contributed by atoms with Gasteiger partial charge in [-0.25, -0.2) is 0 Å². The summed E-state index contributed by atoms with van der Waals surface area (Å²) in [4.78, 5) is 48.2. The summed E-state index contributed by atoms with van der Waals surface area (Å²) in [5, 5.41) is 0.556. The average molecular weight is 605 g/mol. The van der Waals surface area contributed by atoms with Gasteiger partial charge in [0, 0.05) is 0 Å². The predicted molar refractivity (Wildman–Crippen MR) is 137 cm³/mol. The Hall–Kier alpha value is -3.40. The molecule has 2 fully saturated rings. The average Bonchev–Trinajstić information content (AvgIpc) is 3.28. The molecule has 0 unspecified atom stereocenters. The Balaban J connectivity index is 1.76. The second-order valence-corrected chi connectivity index (χ2v) is 11.5. The summed E-state index contributed by atoms with van der Waals surface area (Å²) >= 11 is -0.0537. The van der Waals surface area contributed by atoms with Gasteiger partial charge >= 0.3 is 233 Å². The van der Waals surface area contributed by atoms with Crippen molar-refractivity contribution >= 4 is 43.5 Å². The fourth-order valence-corrected chi connectivity index (χ4v) is 7.08. The third kappa shape index (κ3) is 7.17. The molecule has 2 saturated heterocycles. The summed E-state index contributed by atoms with van der Waals surface area (Å²) in [6.07, 6.45) is -5.88. The van der Waals surface area contributed by atoms with Crippen LogP contribution in [0.5, 0.6) is 0 Å². The maximum atomic E-state index is 12.3. The standard InChI is InChI=1S/C28H30O10Se/c1-17(29)33-15-23(34-18(2)30)25(35-19(3)31)26-24-22(36-27(32)37-24)14-28(38-26,20-10-6-4-7-11-20)16-39-21-12-8-5-9-13-21/h4-13,22-26H,14-16H2,1-3H3/t22-,23+,24-,25+,26+,28+/m0/s1. The molecular weight excluding hydrogens is 575 g/mol. The first kappa shape index (κ1) is 28.6. The van der Waals surface area contributed by atoms with E-state index in [9.17, 15) is 19.2 Å². The molecule has 0 aromatic heterocycles. The van der Waals surface area contributed by atoms with Crippen molar-refractivity contribution in [2.24, 2.45) is 0 Å². The molecule has 2 aromatic carbocycles. The molecule has 0 radical (unpaired) electrons. The van der Waals surface area contributed by atoms with Gasteiger partial charge in [0.1, 0.15) is 0 Å². The third-order valence-electron chi connectivity index (χ3n) is 6.34. The maximum absolute atomic E-state index is 12.3. The molecule has 0 amide bonds. The van der Waals surface area contributed by atoms with Gasteiger partial charge in [0.25, 0.3) is 0 Å². The number of benzene rings is 2. The summed E-state index contributed by atoms with van der Waals surface area (Å²) < 4.78 is 35.3. The van der Waals surface area contributed by atoms with E-state index < -0.39 is 66.8 Å². The number of esters is 3. The van der Waals surface area contributed by atoms with E-state index in [-0.39, 0.29) is 15.0 Å². The fourth-order valence-electron chi connectivity index (χ4n) is 4.77. The Kier molecular flexibility index (Phi) is 9.27. The topological polar surface area (TPSA) is 124 Å². The number of fused-ring (bicyclic) bond motifs is 1. The molecule has 39 heavy (non-hydrogen) atoms. The van der Waals surface area contributed by atoms with E-state index in [1.165, 1.54) is 20.8 Å². The second kappa shape index (κ2) is 12.6. The number of hydrogen-bond donors (Lipinski definition) is 0. The van der Waals surface area contributed by atoms with Gasteiger partial charge in [-0.15, -0.1) is 0 Å². The minimum absolute atomic E-state index is 0.0537. The van der Waals surface area contributed by atoms with Crippen molar-refractivity contribution in [2.45, 2.75) is 68.6 Å². The Morgan fingerprint density at radius 3 is 2.18 bits per heavy atom. The van der Waals surface area contributed by atoms with Gasteiger partial charge < -0.3 is 0 Å². The zero-order valence-electron chi connectivity index (χ0n) is 21.8. The van der Waals surface area contributed by atoms with Crippen molar-refractivity contribution in [2.75, 3.05) is 6.61 Å². The minimum atomic E-state index is -1.28. The second-order valence-electron chi connectivity index (χ2n) is 9.26. The number of hydrogen-bond acceptors (Lipinski definition) is 10. The molecule has 0 aliphatic carbocycles. The van der Waals surface area contributed by atoms with E-state index in [1.54, 1.807) is 0 Å². The SMILES string of the molecule is CC(=O)OC[C@@H](OC(C)=O)[C@@H](OC(C)=O)[C@@H]1O[C@](C[Se]c2ccccc2)(c2ccccc2)C[C@@H]2OC(=O)O[C@H]12. The molecule has 4 rings (SSSR count). The van der Waals surface area contributed by atoms with Crippen molar-refractivity contribution in [3.8, 4) is 0 Å². The molecule has 0 saturated carbocycles. The predicted octanol–water partition coefficient (Wildman–Crippen LogP) is 2.45. The first-order valence-electron chi connectivity index (χ1n) is 12.4. The van der Waals surface area contributed by atoms with E-state index in [4.69, 9.17) is 28.4 Å². The van der Waals surface area contributed by atoms with Crippen LogP contribution in [0, 0.1) is 0 Å². The van der Waals surface area contributed by atoms with Gasteiger partial charge in [0.2, 0.25) is 0 Å². The molecule has 0 N–H and O–H groups in total. The first-order chi connectivity index (χ1) is 18.7. The van der Waals surface area contributed by atoms with Crippen LogP contribution < -0.4 is 4.46 Å². The summed E-state index contributed by atoms with van der Waals surface area (Å²) in [7, 11) is 0. The fraction of sp³-hybridized carbons (Fsp3) is 0.429. The Morgan fingerprint density at radius 2 is 1.56 bits per heavy atom. The van der Waals surface area contributed by atoms with E-state index in [0.717, 1.165) is 10.0 Å². The third-order valence-corrected chi connectivity index (χ3v) is 8.89. The molecule has 10 nitrogen and oxygen atoms in total. The molecule has 0 bridgehead atoms. The molecule has 6 atom stereocenters. The number of ether oxygens (including phenoxy) is 6. The molecule has 2 aliphatic heterocycles. The van der Waals surface area contributed by atoms with Gasteiger partial charge in [0.05, 0.1) is 0 Å². The zero-order chi connectivity index (χ0) is 28.0. The van der Waals surface area contributed by atoms with Gasteiger partial charge in [0.15, 0.2) is 0 Å². The van der Waals surface area contributed by atoms with Crippen LogP contribution in [0.25, 0.3) is 0 Å². The van der Waals surface area contributed by atoms with Crippen LogP contribution in [0.2, 0.25) is 5.32 Å². The molecule has 2 aromatic rings. The van der Waals surface area contributed by atoms with Gasteiger partial charge in [-0.05, 0) is 0 Å². The van der Waals surface area contributed by atoms with Gasteiger partial charge in [-0.2, -0.15) is 0 Å². The first-order valence-corrected chi connectivity index (χ1v) is 14.5. The Labute approximate surface area is 232 Å². The monoisotopic (exact) mass is 606 g/mol. The van der Waals surface area contributed by atoms with Crippen molar-refractivity contribution < 1.29 is 47.6 Å². The van der Waals surface area contributed by atoms with Gasteiger partial charge in [-0.1, -0.05) is 0 Å². The van der Waals surface area contributed by atoms with Crippen molar-refractivity contribution in [1.82, 2.24) is 0 Å². The van der Waals surface area contributed by atoms with E-state index >= 15 is 0 Å².